The Morgan fingerprint density at radius 2 is 2.46 bits per heavy atom. The standard InChI is InChI=1S/C10H11N2S/c1-2-3-4-10-11-7-9-8(12-10)5-6-13-9/h5-6H,2-4H2,1H3. The number of nitrogens with zero attached hydrogens (tertiary/aromatic N) is 2. The van der Waals surface area contributed by atoms with Gasteiger partial charge in [-0.25, -0.2) is 9.97 Å². The summed E-state index contributed by atoms with van der Waals surface area (Å²) >= 11 is 1.64. The van der Waals surface area contributed by atoms with Gasteiger partial charge in [0.25, 0.3) is 0 Å². The second kappa shape index (κ2) is 3.83. The normalized spacial score (nSPS) is 10.8. The molecule has 0 fully saturated rings. The highest BCUT2D eigenvalue weighted by Gasteiger charge is 2.00. The predicted molar refractivity (Wildman–Crippen MR) is 54.9 cm³/mol. The molecule has 2 heterocycles. The molecule has 2 rings (SSSR count). The van der Waals surface area contributed by atoms with E-state index in [1.165, 1.54) is 6.42 Å². The maximum atomic E-state index is 4.44. The third-order valence-corrected chi connectivity index (χ3v) is 2.74. The van der Waals surface area contributed by atoms with Crippen molar-refractivity contribution in [2.75, 3.05) is 0 Å². The van der Waals surface area contributed by atoms with Gasteiger partial charge < -0.3 is 0 Å². The summed E-state index contributed by atoms with van der Waals surface area (Å²) in [6, 6.07) is 2.02. The molecule has 0 aliphatic heterocycles. The Kier molecular flexibility index (Phi) is 2.54. The molecule has 2 nitrogen and oxygen atoms in total. The number of rotatable bonds is 3. The number of hydrogen-bond donors (Lipinski definition) is 0. The van der Waals surface area contributed by atoms with Crippen LogP contribution in [0.5, 0.6) is 0 Å². The molecule has 0 saturated heterocycles. The van der Waals surface area contributed by atoms with E-state index in [0.29, 0.717) is 0 Å². The van der Waals surface area contributed by atoms with Crippen molar-refractivity contribution in [3.05, 3.63) is 23.5 Å². The highest BCUT2D eigenvalue weighted by Crippen LogP contribution is 2.16. The smallest absolute Gasteiger partial charge is 0.129 e. The second-order valence-corrected chi connectivity index (χ2v) is 3.91. The molecule has 0 unspecified atom stereocenters. The van der Waals surface area contributed by atoms with Crippen LogP contribution < -0.4 is 0 Å². The molecule has 67 valence electrons. The van der Waals surface area contributed by atoms with Crippen LogP contribution in [0.2, 0.25) is 0 Å². The topological polar surface area (TPSA) is 25.8 Å². The molecule has 2 aromatic heterocycles. The first-order chi connectivity index (χ1) is 6.40. The van der Waals surface area contributed by atoms with Gasteiger partial charge >= 0.3 is 0 Å². The molecule has 0 aromatic carbocycles. The third kappa shape index (κ3) is 1.86. The number of hydrogen-bond acceptors (Lipinski definition) is 3. The van der Waals surface area contributed by atoms with Crippen molar-refractivity contribution in [2.45, 2.75) is 26.2 Å². The molecule has 3 heteroatoms. The summed E-state index contributed by atoms with van der Waals surface area (Å²) in [7, 11) is 0. The number of aryl methyl sites for hydroxylation is 1. The molecule has 0 spiro atoms. The molecule has 0 amide bonds. The molecule has 1 radical (unpaired) electrons. The number of aromatic nitrogens is 2. The van der Waals surface area contributed by atoms with Gasteiger partial charge in [-0.05, 0) is 17.9 Å². The minimum absolute atomic E-state index is 0.924. The van der Waals surface area contributed by atoms with Gasteiger partial charge in [-0.2, -0.15) is 0 Å². The van der Waals surface area contributed by atoms with Crippen molar-refractivity contribution in [3.8, 4) is 0 Å². The Morgan fingerprint density at radius 3 is 3.31 bits per heavy atom. The van der Waals surface area contributed by atoms with Gasteiger partial charge in [0.15, 0.2) is 0 Å². The summed E-state index contributed by atoms with van der Waals surface area (Å²) in [5, 5.41) is 2.03. The third-order valence-electron chi connectivity index (χ3n) is 1.93. The Hall–Kier alpha value is -0.960. The molecule has 0 saturated carbocycles. The van der Waals surface area contributed by atoms with Crippen LogP contribution in [0.3, 0.4) is 0 Å². The molecule has 13 heavy (non-hydrogen) atoms. The fourth-order valence-electron chi connectivity index (χ4n) is 1.20. The number of unbranched alkanes of at least 4 members (excludes halogenated alkanes) is 1. The summed E-state index contributed by atoms with van der Waals surface area (Å²) in [5.74, 6) is 0.924. The van der Waals surface area contributed by atoms with Crippen molar-refractivity contribution in [1.29, 1.82) is 0 Å². The number of thiophene rings is 1. The fraction of sp³-hybridized carbons (Fsp3) is 0.400. The Morgan fingerprint density at radius 1 is 1.54 bits per heavy atom. The van der Waals surface area contributed by atoms with Gasteiger partial charge in [-0.1, -0.05) is 13.3 Å². The summed E-state index contributed by atoms with van der Waals surface area (Å²) < 4.78 is 1.06. The van der Waals surface area contributed by atoms with Gasteiger partial charge in [0.2, 0.25) is 0 Å². The molecule has 0 N–H and O–H groups in total. The lowest BCUT2D eigenvalue weighted by Gasteiger charge is -1.96. The quantitative estimate of drug-likeness (QED) is 0.745. The zero-order valence-corrected chi connectivity index (χ0v) is 8.40. The zero-order chi connectivity index (χ0) is 9.10. The monoisotopic (exact) mass is 191 g/mol. The van der Waals surface area contributed by atoms with E-state index in [9.17, 15) is 0 Å². The molecule has 0 atom stereocenters. The Labute approximate surface area is 81.7 Å². The largest absolute Gasteiger partial charge is 0.232 e. The Balaban J connectivity index is 2.26. The summed E-state index contributed by atoms with van der Waals surface area (Å²) in [5.41, 5.74) is 1.03. The predicted octanol–water partition coefficient (Wildman–Crippen LogP) is 2.83. The molecule has 2 aromatic rings. The summed E-state index contributed by atoms with van der Waals surface area (Å²) in [4.78, 5) is 8.63. The van der Waals surface area contributed by atoms with Crippen molar-refractivity contribution >= 4 is 21.6 Å². The van der Waals surface area contributed by atoms with E-state index in [0.717, 1.165) is 28.9 Å². The van der Waals surface area contributed by atoms with Gasteiger partial charge in [0.1, 0.15) is 12.0 Å². The lowest BCUT2D eigenvalue weighted by Crippen LogP contribution is -1.93. The van der Waals surface area contributed by atoms with E-state index >= 15 is 0 Å². The van der Waals surface area contributed by atoms with Crippen LogP contribution in [0.25, 0.3) is 10.2 Å². The lowest BCUT2D eigenvalue weighted by molar-refractivity contribution is 0.756. The van der Waals surface area contributed by atoms with Crippen LogP contribution in [0.4, 0.5) is 0 Å². The molecular formula is C10H11N2S. The summed E-state index contributed by atoms with van der Waals surface area (Å²) in [6.45, 7) is 2.17. The van der Waals surface area contributed by atoms with Gasteiger partial charge in [-0.15, -0.1) is 11.3 Å². The van der Waals surface area contributed by atoms with Gasteiger partial charge in [0, 0.05) is 6.42 Å². The lowest BCUT2D eigenvalue weighted by atomic mass is 10.2. The van der Waals surface area contributed by atoms with Crippen LogP contribution in [0.15, 0.2) is 11.4 Å². The first-order valence-electron chi connectivity index (χ1n) is 4.52. The maximum absolute atomic E-state index is 4.44. The van der Waals surface area contributed by atoms with Crippen molar-refractivity contribution in [1.82, 2.24) is 9.97 Å². The first kappa shape index (κ1) is 8.63. The minimum Gasteiger partial charge on any atom is -0.232 e. The molecule has 0 bridgehead atoms. The van der Waals surface area contributed by atoms with Crippen LogP contribution in [0, 0.1) is 6.20 Å². The van der Waals surface area contributed by atoms with Crippen molar-refractivity contribution in [3.63, 3.8) is 0 Å². The van der Waals surface area contributed by atoms with Crippen LogP contribution in [-0.4, -0.2) is 9.97 Å². The van der Waals surface area contributed by atoms with Crippen LogP contribution in [-0.2, 0) is 6.42 Å². The van der Waals surface area contributed by atoms with E-state index in [-0.39, 0.29) is 0 Å². The van der Waals surface area contributed by atoms with Crippen molar-refractivity contribution < 1.29 is 0 Å². The van der Waals surface area contributed by atoms with Gasteiger partial charge in [-0.3, -0.25) is 0 Å². The molecular weight excluding hydrogens is 180 g/mol. The van der Waals surface area contributed by atoms with E-state index in [1.807, 2.05) is 11.4 Å². The molecule has 0 aliphatic carbocycles. The van der Waals surface area contributed by atoms with Crippen LogP contribution >= 0.6 is 11.3 Å². The maximum Gasteiger partial charge on any atom is 0.129 e. The minimum atomic E-state index is 0.924. The van der Waals surface area contributed by atoms with E-state index in [1.54, 1.807) is 11.3 Å². The fourth-order valence-corrected chi connectivity index (χ4v) is 1.87. The van der Waals surface area contributed by atoms with E-state index in [4.69, 9.17) is 0 Å². The SMILES string of the molecule is CCCCc1n[c]c2sccc2n1. The second-order valence-electron chi connectivity index (χ2n) is 2.99. The van der Waals surface area contributed by atoms with Crippen LogP contribution in [0.1, 0.15) is 25.6 Å². The zero-order valence-electron chi connectivity index (χ0n) is 7.58. The summed E-state index contributed by atoms with van der Waals surface area (Å²) in [6.07, 6.45) is 6.33. The average Bonchev–Trinajstić information content (AvgIpc) is 2.61. The number of fused-ring (bicyclic) bond motifs is 1. The molecule has 0 aliphatic rings. The highest BCUT2D eigenvalue weighted by molar-refractivity contribution is 7.17. The highest BCUT2D eigenvalue weighted by atomic mass is 32.1. The van der Waals surface area contributed by atoms with Gasteiger partial charge in [0.05, 0.1) is 10.2 Å². The van der Waals surface area contributed by atoms with E-state index < -0.39 is 0 Å². The van der Waals surface area contributed by atoms with E-state index in [2.05, 4.69) is 23.1 Å². The van der Waals surface area contributed by atoms with Crippen molar-refractivity contribution in [2.24, 2.45) is 0 Å². The average molecular weight is 191 g/mol. The first-order valence-corrected chi connectivity index (χ1v) is 5.40. The Bertz CT molecular complexity index is 394.